The Kier molecular flexibility index (Phi) is 6.85. The molecule has 0 bridgehead atoms. The average molecular weight is 409 g/mol. The van der Waals surface area contributed by atoms with Crippen LogP contribution >= 0.6 is 0 Å². The Bertz CT molecular complexity index is 1050. The summed E-state index contributed by atoms with van der Waals surface area (Å²) >= 11 is 0. The molecule has 6 nitrogen and oxygen atoms in total. The lowest BCUT2D eigenvalue weighted by Gasteiger charge is -2.12. The molecule has 0 aliphatic rings. The Morgan fingerprint density at radius 1 is 1.23 bits per heavy atom. The van der Waals surface area contributed by atoms with Crippen LogP contribution in [-0.4, -0.2) is 29.2 Å². The van der Waals surface area contributed by atoms with Crippen LogP contribution in [0.2, 0.25) is 0 Å². The molecule has 0 unspecified atom stereocenters. The third kappa shape index (κ3) is 5.05. The standard InChI is InChI=1S/C23H24FN3O3/c1-4-5-17-7-9-21(22(13-17)29-3)30-15-23(28)26-14-18-6-8-20(19(24)12-18)27-11-10-25-16(27)2/h4,6-13H,1,5,14-15H2,2-3H3,(H,26,28). The third-order valence-electron chi connectivity index (χ3n) is 4.55. The molecule has 2 aromatic carbocycles. The first-order valence-electron chi connectivity index (χ1n) is 9.48. The quantitative estimate of drug-likeness (QED) is 0.547. The lowest BCUT2D eigenvalue weighted by Crippen LogP contribution is -2.28. The SMILES string of the molecule is C=CCc1ccc(OCC(=O)NCc2ccc(-n3ccnc3C)c(F)c2)c(OC)c1. The van der Waals surface area contributed by atoms with Crippen molar-refractivity contribution in [3.8, 4) is 17.2 Å². The maximum atomic E-state index is 14.5. The number of aromatic nitrogens is 2. The molecule has 1 heterocycles. The number of carbonyl (C=O) groups excluding carboxylic acids is 1. The maximum absolute atomic E-state index is 14.5. The van der Waals surface area contributed by atoms with Crippen molar-refractivity contribution in [3.63, 3.8) is 0 Å². The van der Waals surface area contributed by atoms with E-state index in [0.29, 0.717) is 35.0 Å². The Labute approximate surface area is 175 Å². The normalized spacial score (nSPS) is 10.5. The van der Waals surface area contributed by atoms with Crippen molar-refractivity contribution >= 4 is 5.91 Å². The van der Waals surface area contributed by atoms with Gasteiger partial charge in [-0.15, -0.1) is 6.58 Å². The largest absolute Gasteiger partial charge is 0.493 e. The number of hydrogen-bond acceptors (Lipinski definition) is 4. The monoisotopic (exact) mass is 409 g/mol. The van der Waals surface area contributed by atoms with Crippen LogP contribution in [0.15, 0.2) is 61.4 Å². The fraction of sp³-hybridized carbons (Fsp3) is 0.217. The number of hydrogen-bond donors (Lipinski definition) is 1. The van der Waals surface area contributed by atoms with Crippen molar-refractivity contribution in [3.05, 3.63) is 84.2 Å². The first-order valence-corrected chi connectivity index (χ1v) is 9.48. The number of methoxy groups -OCH3 is 1. The highest BCUT2D eigenvalue weighted by atomic mass is 19.1. The van der Waals surface area contributed by atoms with Gasteiger partial charge in [-0.2, -0.15) is 0 Å². The van der Waals surface area contributed by atoms with Crippen molar-refractivity contribution in [2.24, 2.45) is 0 Å². The first-order chi connectivity index (χ1) is 14.5. The van der Waals surface area contributed by atoms with Crippen molar-refractivity contribution in [1.29, 1.82) is 0 Å². The van der Waals surface area contributed by atoms with Crippen LogP contribution in [0, 0.1) is 12.7 Å². The molecule has 156 valence electrons. The zero-order chi connectivity index (χ0) is 21.5. The molecule has 1 amide bonds. The summed E-state index contributed by atoms with van der Waals surface area (Å²) in [6.45, 7) is 5.53. The van der Waals surface area contributed by atoms with Gasteiger partial charge in [0.1, 0.15) is 11.6 Å². The molecule has 0 aliphatic heterocycles. The summed E-state index contributed by atoms with van der Waals surface area (Å²) in [5.74, 6) is 1.02. The van der Waals surface area contributed by atoms with Crippen molar-refractivity contribution < 1.29 is 18.7 Å². The Morgan fingerprint density at radius 2 is 2.03 bits per heavy atom. The number of ether oxygens (including phenoxy) is 2. The summed E-state index contributed by atoms with van der Waals surface area (Å²) in [7, 11) is 1.55. The van der Waals surface area contributed by atoms with E-state index in [4.69, 9.17) is 9.47 Å². The first kappa shape index (κ1) is 21.1. The molecule has 0 saturated carbocycles. The minimum absolute atomic E-state index is 0.175. The van der Waals surface area contributed by atoms with E-state index in [9.17, 15) is 9.18 Å². The molecule has 1 aromatic heterocycles. The molecule has 0 aliphatic carbocycles. The van der Waals surface area contributed by atoms with Gasteiger partial charge in [0.15, 0.2) is 18.1 Å². The number of halogens is 1. The molecule has 30 heavy (non-hydrogen) atoms. The molecule has 3 aromatic rings. The highest BCUT2D eigenvalue weighted by molar-refractivity contribution is 5.77. The molecule has 3 rings (SSSR count). The second-order valence-corrected chi connectivity index (χ2v) is 6.67. The van der Waals surface area contributed by atoms with Gasteiger partial charge in [-0.05, 0) is 48.7 Å². The van der Waals surface area contributed by atoms with E-state index >= 15 is 0 Å². The Morgan fingerprint density at radius 3 is 2.70 bits per heavy atom. The minimum Gasteiger partial charge on any atom is -0.493 e. The Balaban J connectivity index is 1.56. The van der Waals surface area contributed by atoms with Gasteiger partial charge in [0.2, 0.25) is 0 Å². The summed E-state index contributed by atoms with van der Waals surface area (Å²) in [6.07, 6.45) is 5.83. The van der Waals surface area contributed by atoms with Gasteiger partial charge >= 0.3 is 0 Å². The minimum atomic E-state index is -0.386. The van der Waals surface area contributed by atoms with Crippen LogP contribution in [0.4, 0.5) is 4.39 Å². The number of allylic oxidation sites excluding steroid dienone is 1. The van der Waals surface area contributed by atoms with Crippen molar-refractivity contribution in [2.75, 3.05) is 13.7 Å². The van der Waals surface area contributed by atoms with Gasteiger partial charge in [0, 0.05) is 18.9 Å². The van der Waals surface area contributed by atoms with Gasteiger partial charge in [0.05, 0.1) is 12.8 Å². The van der Waals surface area contributed by atoms with Gasteiger partial charge in [-0.25, -0.2) is 9.37 Å². The second kappa shape index (κ2) is 9.73. The van der Waals surface area contributed by atoms with Gasteiger partial charge in [-0.3, -0.25) is 4.79 Å². The predicted octanol–water partition coefficient (Wildman–Crippen LogP) is 3.75. The summed E-state index contributed by atoms with van der Waals surface area (Å²) in [4.78, 5) is 16.2. The number of rotatable bonds is 9. The smallest absolute Gasteiger partial charge is 0.258 e. The van der Waals surface area contributed by atoms with E-state index in [0.717, 1.165) is 5.56 Å². The van der Waals surface area contributed by atoms with Crippen LogP contribution in [0.25, 0.3) is 5.69 Å². The van der Waals surface area contributed by atoms with Gasteiger partial charge < -0.3 is 19.4 Å². The van der Waals surface area contributed by atoms with Gasteiger partial charge in [0.25, 0.3) is 5.91 Å². The highest BCUT2D eigenvalue weighted by Crippen LogP contribution is 2.28. The van der Waals surface area contributed by atoms with Crippen LogP contribution in [0.1, 0.15) is 17.0 Å². The number of amides is 1. The summed E-state index contributed by atoms with van der Waals surface area (Å²) < 4.78 is 27.0. The van der Waals surface area contributed by atoms with Gasteiger partial charge in [-0.1, -0.05) is 18.2 Å². The fourth-order valence-electron chi connectivity index (χ4n) is 3.01. The number of aryl methyl sites for hydroxylation is 1. The average Bonchev–Trinajstić information content (AvgIpc) is 3.17. The molecule has 0 saturated heterocycles. The molecule has 0 atom stereocenters. The molecular formula is C23H24FN3O3. The lowest BCUT2D eigenvalue weighted by atomic mass is 10.1. The maximum Gasteiger partial charge on any atom is 0.258 e. The van der Waals surface area contributed by atoms with Crippen molar-refractivity contribution in [1.82, 2.24) is 14.9 Å². The molecule has 7 heteroatoms. The van der Waals surface area contributed by atoms with E-state index in [1.807, 2.05) is 12.1 Å². The number of nitrogens with zero attached hydrogens (tertiary/aromatic N) is 2. The number of imidazole rings is 1. The number of nitrogens with one attached hydrogen (secondary N) is 1. The molecule has 0 radical (unpaired) electrons. The number of benzene rings is 2. The number of carbonyl (C=O) groups is 1. The highest BCUT2D eigenvalue weighted by Gasteiger charge is 2.11. The summed E-state index contributed by atoms with van der Waals surface area (Å²) in [5.41, 5.74) is 2.10. The Hall–Kier alpha value is -3.61. The predicted molar refractivity (Wildman–Crippen MR) is 112 cm³/mol. The molecule has 1 N–H and O–H groups in total. The van der Waals surface area contributed by atoms with Crippen LogP contribution in [0.3, 0.4) is 0 Å². The van der Waals surface area contributed by atoms with E-state index < -0.39 is 0 Å². The van der Waals surface area contributed by atoms with E-state index in [-0.39, 0.29) is 24.9 Å². The zero-order valence-electron chi connectivity index (χ0n) is 17.0. The summed E-state index contributed by atoms with van der Waals surface area (Å²) in [5, 5.41) is 2.73. The zero-order valence-corrected chi connectivity index (χ0v) is 17.0. The van der Waals surface area contributed by atoms with Crippen LogP contribution < -0.4 is 14.8 Å². The van der Waals surface area contributed by atoms with Crippen LogP contribution in [0.5, 0.6) is 11.5 Å². The third-order valence-corrected chi connectivity index (χ3v) is 4.55. The van der Waals surface area contributed by atoms with E-state index in [1.165, 1.54) is 6.07 Å². The van der Waals surface area contributed by atoms with E-state index in [1.54, 1.807) is 55.3 Å². The summed E-state index contributed by atoms with van der Waals surface area (Å²) in [6, 6.07) is 10.3. The molecule has 0 fully saturated rings. The second-order valence-electron chi connectivity index (χ2n) is 6.67. The fourth-order valence-corrected chi connectivity index (χ4v) is 3.01. The van der Waals surface area contributed by atoms with E-state index in [2.05, 4.69) is 16.9 Å². The molecule has 0 spiro atoms. The van der Waals surface area contributed by atoms with Crippen molar-refractivity contribution in [2.45, 2.75) is 19.9 Å². The van der Waals surface area contributed by atoms with Crippen LogP contribution in [-0.2, 0) is 17.8 Å². The lowest BCUT2D eigenvalue weighted by molar-refractivity contribution is -0.123. The molecular weight excluding hydrogens is 385 g/mol. The topological polar surface area (TPSA) is 65.4 Å².